The Labute approximate surface area is 116 Å². The van der Waals surface area contributed by atoms with Gasteiger partial charge in [-0.25, -0.2) is 0 Å². The Morgan fingerprint density at radius 2 is 2.21 bits per heavy atom. The lowest BCUT2D eigenvalue weighted by Crippen LogP contribution is -2.39. The maximum absolute atomic E-state index is 12.0. The summed E-state index contributed by atoms with van der Waals surface area (Å²) in [4.78, 5) is 13.9. The lowest BCUT2D eigenvalue weighted by Gasteiger charge is -2.22. The summed E-state index contributed by atoms with van der Waals surface area (Å²) in [7, 11) is 0. The lowest BCUT2D eigenvalue weighted by atomic mass is 10.1. The van der Waals surface area contributed by atoms with Crippen LogP contribution in [0, 0.1) is 0 Å². The van der Waals surface area contributed by atoms with E-state index in [-0.39, 0.29) is 5.91 Å². The molecule has 110 valence electrons. The van der Waals surface area contributed by atoms with Crippen LogP contribution in [0.3, 0.4) is 0 Å². The van der Waals surface area contributed by atoms with Gasteiger partial charge in [-0.1, -0.05) is 26.2 Å². The van der Waals surface area contributed by atoms with Gasteiger partial charge in [0.1, 0.15) is 0 Å². The highest BCUT2D eigenvalue weighted by atomic mass is 16.2. The topological polar surface area (TPSA) is 52.6 Å². The summed E-state index contributed by atoms with van der Waals surface area (Å²) in [5.74, 6) is 0.137. The van der Waals surface area contributed by atoms with Crippen molar-refractivity contribution in [2.75, 3.05) is 13.1 Å². The molecule has 1 rings (SSSR count). The lowest BCUT2D eigenvalue weighted by molar-refractivity contribution is -0.130. The Kier molecular flexibility index (Phi) is 7.38. The molecule has 1 aliphatic heterocycles. The van der Waals surface area contributed by atoms with Crippen molar-refractivity contribution in [1.82, 2.24) is 10.2 Å². The number of nitrogens with zero attached hydrogens (tertiary/aromatic N) is 1. The summed E-state index contributed by atoms with van der Waals surface area (Å²) in [6, 6.07) is 0.361. The van der Waals surface area contributed by atoms with Gasteiger partial charge >= 0.3 is 0 Å². The van der Waals surface area contributed by atoms with Gasteiger partial charge in [-0.3, -0.25) is 4.79 Å². The highest BCUT2D eigenvalue weighted by Crippen LogP contribution is 2.16. The van der Waals surface area contributed by atoms with E-state index < -0.39 is 0 Å². The van der Waals surface area contributed by atoms with Crippen molar-refractivity contribution in [3.8, 4) is 0 Å². The largest absolute Gasteiger partial charge is 0.514 e. The summed E-state index contributed by atoms with van der Waals surface area (Å²) in [6.45, 7) is 5.44. The van der Waals surface area contributed by atoms with Crippen LogP contribution in [-0.2, 0) is 4.79 Å². The number of rotatable bonds is 8. The van der Waals surface area contributed by atoms with Crippen LogP contribution in [0.25, 0.3) is 0 Å². The van der Waals surface area contributed by atoms with E-state index in [1.54, 1.807) is 0 Å². The number of aliphatic hydroxyl groups is 1. The first-order chi connectivity index (χ1) is 9.19. The number of carbonyl (C=O) groups excluding carboxylic acids is 1. The van der Waals surface area contributed by atoms with Crippen molar-refractivity contribution in [1.29, 1.82) is 0 Å². The fraction of sp³-hybridized carbons (Fsp3) is 0.800. The molecule has 1 fully saturated rings. The zero-order valence-corrected chi connectivity index (χ0v) is 12.3. The number of allylic oxidation sites excluding steroid dienone is 1. The van der Waals surface area contributed by atoms with Gasteiger partial charge in [0.15, 0.2) is 0 Å². The molecule has 1 saturated heterocycles. The number of carbonyl (C=O) groups is 1. The molecule has 1 amide bonds. The Morgan fingerprint density at radius 3 is 2.79 bits per heavy atom. The van der Waals surface area contributed by atoms with Crippen molar-refractivity contribution in [3.63, 3.8) is 0 Å². The highest BCUT2D eigenvalue weighted by Gasteiger charge is 2.24. The quantitative estimate of drug-likeness (QED) is 0.525. The molecule has 19 heavy (non-hydrogen) atoms. The molecule has 0 aliphatic carbocycles. The molecular weight excluding hydrogens is 240 g/mol. The summed E-state index contributed by atoms with van der Waals surface area (Å²) in [5, 5.41) is 12.2. The minimum Gasteiger partial charge on any atom is -0.514 e. The summed E-state index contributed by atoms with van der Waals surface area (Å²) in [6.07, 6.45) is 8.79. The number of unbranched alkanes of at least 4 members (excludes halogenated alkanes) is 3. The molecule has 2 N–H and O–H groups in total. The molecule has 0 saturated carbocycles. The first kappa shape index (κ1) is 15.9. The third kappa shape index (κ3) is 5.53. The van der Waals surface area contributed by atoms with E-state index in [4.69, 9.17) is 5.11 Å². The Balaban J connectivity index is 2.23. The van der Waals surface area contributed by atoms with Gasteiger partial charge in [0, 0.05) is 18.3 Å². The molecule has 0 aromatic rings. The van der Waals surface area contributed by atoms with Crippen LogP contribution in [0.15, 0.2) is 12.0 Å². The van der Waals surface area contributed by atoms with Gasteiger partial charge in [0.2, 0.25) is 5.91 Å². The van der Waals surface area contributed by atoms with Gasteiger partial charge in [-0.05, 0) is 32.6 Å². The molecule has 1 atom stereocenters. The van der Waals surface area contributed by atoms with Crippen molar-refractivity contribution < 1.29 is 9.90 Å². The average Bonchev–Trinajstić information content (AvgIpc) is 2.84. The molecular formula is C15H28N2O2. The van der Waals surface area contributed by atoms with E-state index >= 15 is 0 Å². The van der Waals surface area contributed by atoms with Gasteiger partial charge in [0.05, 0.1) is 12.8 Å². The minimum atomic E-state index is 0.137. The second kappa shape index (κ2) is 8.83. The molecule has 4 heteroatoms. The molecule has 0 radical (unpaired) electrons. The molecule has 0 aromatic heterocycles. The van der Waals surface area contributed by atoms with E-state index in [0.717, 1.165) is 44.2 Å². The molecule has 0 aromatic carbocycles. The van der Waals surface area contributed by atoms with Gasteiger partial charge in [-0.15, -0.1) is 0 Å². The number of nitrogens with one attached hydrogen (secondary N) is 1. The van der Waals surface area contributed by atoms with Crippen LogP contribution in [0.2, 0.25) is 0 Å². The fourth-order valence-corrected chi connectivity index (χ4v) is 2.54. The van der Waals surface area contributed by atoms with Gasteiger partial charge in [0.25, 0.3) is 0 Å². The van der Waals surface area contributed by atoms with E-state index in [0.29, 0.717) is 12.6 Å². The Hall–Kier alpha value is -1.19. The molecule has 4 nitrogen and oxygen atoms in total. The maximum atomic E-state index is 12.0. The second-order valence-corrected chi connectivity index (χ2v) is 5.40. The van der Waals surface area contributed by atoms with Crippen LogP contribution in [0.5, 0.6) is 0 Å². The fourth-order valence-electron chi connectivity index (χ4n) is 2.54. The molecule has 0 bridgehead atoms. The van der Waals surface area contributed by atoms with Crippen LogP contribution in [0.1, 0.15) is 58.8 Å². The van der Waals surface area contributed by atoms with Crippen molar-refractivity contribution in [2.45, 2.75) is 64.8 Å². The summed E-state index contributed by atoms with van der Waals surface area (Å²) < 4.78 is 0. The zero-order valence-electron chi connectivity index (χ0n) is 12.3. The van der Waals surface area contributed by atoms with Crippen molar-refractivity contribution in [3.05, 3.63) is 12.0 Å². The van der Waals surface area contributed by atoms with Crippen molar-refractivity contribution in [2.24, 2.45) is 0 Å². The van der Waals surface area contributed by atoms with E-state index in [1.807, 2.05) is 4.90 Å². The van der Waals surface area contributed by atoms with E-state index in [2.05, 4.69) is 19.2 Å². The number of amides is 1. The maximum Gasteiger partial charge on any atom is 0.242 e. The Morgan fingerprint density at radius 1 is 1.42 bits per heavy atom. The first-order valence-corrected chi connectivity index (χ1v) is 7.55. The zero-order chi connectivity index (χ0) is 14.1. The van der Waals surface area contributed by atoms with Gasteiger partial charge in [-0.2, -0.15) is 0 Å². The predicted octanol–water partition coefficient (Wildman–Crippen LogP) is 2.96. The van der Waals surface area contributed by atoms with Crippen LogP contribution < -0.4 is 5.32 Å². The van der Waals surface area contributed by atoms with Crippen LogP contribution in [-0.4, -0.2) is 35.0 Å². The smallest absolute Gasteiger partial charge is 0.242 e. The van der Waals surface area contributed by atoms with E-state index in [1.165, 1.54) is 19.3 Å². The summed E-state index contributed by atoms with van der Waals surface area (Å²) >= 11 is 0. The average molecular weight is 268 g/mol. The SMILES string of the molecule is CCCCCC/C(=C\O)NCC(=O)N1CCC[C@H]1C. The van der Waals surface area contributed by atoms with E-state index in [9.17, 15) is 4.79 Å². The normalized spacial score (nSPS) is 19.8. The number of aliphatic hydroxyl groups excluding tert-OH is 1. The molecule has 0 spiro atoms. The Bertz CT molecular complexity index is 303. The number of likely N-dealkylation sites (tertiary alicyclic amines) is 1. The second-order valence-electron chi connectivity index (χ2n) is 5.40. The molecule has 1 heterocycles. The standard InChI is InChI=1S/C15H28N2O2/c1-3-4-5-6-9-14(12-18)16-11-15(19)17-10-7-8-13(17)2/h12-13,16,18H,3-11H2,1-2H3/b14-12+/t13-/m1/s1. The predicted molar refractivity (Wildman–Crippen MR) is 77.9 cm³/mol. The third-order valence-electron chi connectivity index (χ3n) is 3.80. The molecule has 0 unspecified atom stereocenters. The van der Waals surface area contributed by atoms with Gasteiger partial charge < -0.3 is 15.3 Å². The highest BCUT2D eigenvalue weighted by molar-refractivity contribution is 5.79. The molecule has 1 aliphatic rings. The number of hydrogen-bond donors (Lipinski definition) is 2. The van der Waals surface area contributed by atoms with Crippen molar-refractivity contribution >= 4 is 5.91 Å². The third-order valence-corrected chi connectivity index (χ3v) is 3.80. The van der Waals surface area contributed by atoms with Crippen LogP contribution >= 0.6 is 0 Å². The minimum absolute atomic E-state index is 0.137. The first-order valence-electron chi connectivity index (χ1n) is 7.55. The monoisotopic (exact) mass is 268 g/mol. The van der Waals surface area contributed by atoms with Crippen LogP contribution in [0.4, 0.5) is 0 Å². The summed E-state index contributed by atoms with van der Waals surface area (Å²) in [5.41, 5.74) is 0.774. The number of hydrogen-bond acceptors (Lipinski definition) is 3.